The molecule has 1 N–H and O–H groups in total. The van der Waals surface area contributed by atoms with Crippen LogP contribution in [0, 0.1) is 6.92 Å². The molecule has 4 aromatic rings. The van der Waals surface area contributed by atoms with E-state index in [-0.39, 0.29) is 5.91 Å². The number of aryl methyl sites for hydroxylation is 1. The summed E-state index contributed by atoms with van der Waals surface area (Å²) in [5.41, 5.74) is 4.00. The Morgan fingerprint density at radius 1 is 0.886 bits per heavy atom. The molecule has 0 unspecified atom stereocenters. The van der Waals surface area contributed by atoms with E-state index in [1.165, 1.54) is 5.56 Å². The van der Waals surface area contributed by atoms with Crippen molar-refractivity contribution in [3.8, 4) is 5.75 Å². The monoisotopic (exact) mass is 466 g/mol. The standard InChI is InChI=1S/C29H30N4O2/c1-21-11-13-22(14-12-21)19-31-29(34)25-20-30-28(24-8-4-3-7-23(24)25)33-17-15-32(16-18-33)26-9-5-6-10-27(26)35-2/h3-14,20H,15-19H2,1-2H3,(H,31,34). The summed E-state index contributed by atoms with van der Waals surface area (Å²) < 4.78 is 5.55. The minimum Gasteiger partial charge on any atom is -0.495 e. The third-order valence-corrected chi connectivity index (χ3v) is 6.60. The van der Waals surface area contributed by atoms with Crippen molar-refractivity contribution in [3.63, 3.8) is 0 Å². The highest BCUT2D eigenvalue weighted by atomic mass is 16.5. The summed E-state index contributed by atoms with van der Waals surface area (Å²) in [6.45, 7) is 5.96. The van der Waals surface area contributed by atoms with Gasteiger partial charge in [-0.05, 0) is 30.0 Å². The Labute approximate surface area is 206 Å². The number of para-hydroxylation sites is 2. The molecule has 5 rings (SSSR count). The molecule has 1 saturated heterocycles. The first-order valence-corrected chi connectivity index (χ1v) is 12.0. The van der Waals surface area contributed by atoms with Crippen LogP contribution >= 0.6 is 0 Å². The van der Waals surface area contributed by atoms with Gasteiger partial charge in [-0.3, -0.25) is 4.79 Å². The maximum Gasteiger partial charge on any atom is 0.253 e. The van der Waals surface area contributed by atoms with Gasteiger partial charge in [-0.1, -0.05) is 66.2 Å². The Morgan fingerprint density at radius 2 is 1.54 bits per heavy atom. The van der Waals surface area contributed by atoms with Gasteiger partial charge in [0, 0.05) is 44.3 Å². The van der Waals surface area contributed by atoms with Crippen LogP contribution in [0.4, 0.5) is 11.5 Å². The van der Waals surface area contributed by atoms with Crippen molar-refractivity contribution < 1.29 is 9.53 Å². The predicted molar refractivity (Wildman–Crippen MR) is 142 cm³/mol. The quantitative estimate of drug-likeness (QED) is 0.442. The Morgan fingerprint density at radius 3 is 2.29 bits per heavy atom. The average Bonchev–Trinajstić information content (AvgIpc) is 2.92. The van der Waals surface area contributed by atoms with E-state index >= 15 is 0 Å². The van der Waals surface area contributed by atoms with Crippen LogP contribution in [0.5, 0.6) is 5.75 Å². The molecule has 1 amide bonds. The van der Waals surface area contributed by atoms with Crippen molar-refractivity contribution in [2.75, 3.05) is 43.1 Å². The fraction of sp³-hybridized carbons (Fsp3) is 0.241. The number of piperazine rings is 1. The molecule has 0 aliphatic carbocycles. The SMILES string of the molecule is COc1ccccc1N1CCN(c2ncc(C(=O)NCc3ccc(C)cc3)c3ccccc23)CC1. The molecule has 1 fully saturated rings. The lowest BCUT2D eigenvalue weighted by molar-refractivity contribution is 0.0952. The maximum absolute atomic E-state index is 13.1. The Kier molecular flexibility index (Phi) is 6.53. The van der Waals surface area contributed by atoms with E-state index in [1.54, 1.807) is 13.3 Å². The van der Waals surface area contributed by atoms with Gasteiger partial charge in [0.25, 0.3) is 5.91 Å². The molecular weight excluding hydrogens is 436 g/mol. The van der Waals surface area contributed by atoms with Gasteiger partial charge in [0.1, 0.15) is 11.6 Å². The summed E-state index contributed by atoms with van der Waals surface area (Å²) >= 11 is 0. The van der Waals surface area contributed by atoms with E-state index in [1.807, 2.05) is 48.5 Å². The van der Waals surface area contributed by atoms with Crippen molar-refractivity contribution in [1.29, 1.82) is 0 Å². The number of nitrogens with one attached hydrogen (secondary N) is 1. The lowest BCUT2D eigenvalue weighted by atomic mass is 10.1. The number of methoxy groups -OCH3 is 1. The molecule has 2 heterocycles. The highest BCUT2D eigenvalue weighted by molar-refractivity contribution is 6.09. The Hall–Kier alpha value is -4.06. The number of fused-ring (bicyclic) bond motifs is 1. The number of anilines is 2. The van der Waals surface area contributed by atoms with Crippen LogP contribution in [0.3, 0.4) is 0 Å². The number of amides is 1. The topological polar surface area (TPSA) is 57.7 Å². The molecule has 0 bridgehead atoms. The number of carbonyl (C=O) groups excluding carboxylic acids is 1. The average molecular weight is 467 g/mol. The Balaban J connectivity index is 1.33. The fourth-order valence-corrected chi connectivity index (χ4v) is 4.64. The van der Waals surface area contributed by atoms with Crippen molar-refractivity contribution in [2.45, 2.75) is 13.5 Å². The van der Waals surface area contributed by atoms with E-state index in [0.717, 1.165) is 59.8 Å². The van der Waals surface area contributed by atoms with Crippen molar-refractivity contribution >= 4 is 28.2 Å². The second kappa shape index (κ2) is 10.1. The summed E-state index contributed by atoms with van der Waals surface area (Å²) in [7, 11) is 1.71. The zero-order valence-corrected chi connectivity index (χ0v) is 20.2. The van der Waals surface area contributed by atoms with Crippen molar-refractivity contribution in [3.05, 3.63) is 95.7 Å². The summed E-state index contributed by atoms with van der Waals surface area (Å²) in [6.07, 6.45) is 1.72. The molecule has 0 atom stereocenters. The number of hydrogen-bond donors (Lipinski definition) is 1. The van der Waals surface area contributed by atoms with Gasteiger partial charge in [-0.2, -0.15) is 0 Å². The first-order valence-electron chi connectivity index (χ1n) is 12.0. The minimum atomic E-state index is -0.109. The van der Waals surface area contributed by atoms with Crippen LogP contribution < -0.4 is 19.9 Å². The molecule has 6 heteroatoms. The molecule has 3 aromatic carbocycles. The summed E-state index contributed by atoms with van der Waals surface area (Å²) in [5.74, 6) is 1.71. The van der Waals surface area contributed by atoms with Gasteiger partial charge in [-0.25, -0.2) is 4.98 Å². The third-order valence-electron chi connectivity index (χ3n) is 6.60. The number of carbonyl (C=O) groups is 1. The smallest absolute Gasteiger partial charge is 0.253 e. The number of rotatable bonds is 6. The third kappa shape index (κ3) is 4.78. The fourth-order valence-electron chi connectivity index (χ4n) is 4.64. The minimum absolute atomic E-state index is 0.109. The first kappa shape index (κ1) is 22.7. The summed E-state index contributed by atoms with van der Waals surface area (Å²) in [5, 5.41) is 4.97. The number of pyridine rings is 1. The van der Waals surface area contributed by atoms with Gasteiger partial charge < -0.3 is 19.9 Å². The van der Waals surface area contributed by atoms with Crippen LogP contribution in [-0.4, -0.2) is 44.2 Å². The van der Waals surface area contributed by atoms with Crippen LogP contribution in [0.2, 0.25) is 0 Å². The number of aromatic nitrogens is 1. The largest absolute Gasteiger partial charge is 0.495 e. The second-order valence-corrected chi connectivity index (χ2v) is 8.86. The van der Waals surface area contributed by atoms with Gasteiger partial charge in [0.15, 0.2) is 0 Å². The predicted octanol–water partition coefficient (Wildman–Crippen LogP) is 4.81. The van der Waals surface area contributed by atoms with Gasteiger partial charge in [0.05, 0.1) is 18.4 Å². The lowest BCUT2D eigenvalue weighted by Gasteiger charge is -2.37. The van der Waals surface area contributed by atoms with E-state index in [4.69, 9.17) is 9.72 Å². The van der Waals surface area contributed by atoms with E-state index in [2.05, 4.69) is 46.3 Å². The molecule has 1 aliphatic heterocycles. The number of ether oxygens (including phenoxy) is 1. The molecule has 0 saturated carbocycles. The van der Waals surface area contributed by atoms with Crippen LogP contribution in [-0.2, 0) is 6.54 Å². The molecule has 0 spiro atoms. The summed E-state index contributed by atoms with van der Waals surface area (Å²) in [6, 6.07) is 24.4. The summed E-state index contributed by atoms with van der Waals surface area (Å²) in [4.78, 5) is 22.5. The van der Waals surface area contributed by atoms with Gasteiger partial charge >= 0.3 is 0 Å². The van der Waals surface area contributed by atoms with Crippen LogP contribution in [0.1, 0.15) is 21.5 Å². The molecular formula is C29H30N4O2. The Bertz CT molecular complexity index is 1330. The van der Waals surface area contributed by atoms with Crippen LogP contribution in [0.15, 0.2) is 79.0 Å². The molecule has 178 valence electrons. The van der Waals surface area contributed by atoms with Crippen molar-refractivity contribution in [1.82, 2.24) is 10.3 Å². The van der Waals surface area contributed by atoms with E-state index < -0.39 is 0 Å². The van der Waals surface area contributed by atoms with E-state index in [9.17, 15) is 4.79 Å². The maximum atomic E-state index is 13.1. The first-order chi connectivity index (χ1) is 17.1. The van der Waals surface area contributed by atoms with Crippen molar-refractivity contribution in [2.24, 2.45) is 0 Å². The van der Waals surface area contributed by atoms with Crippen LogP contribution in [0.25, 0.3) is 10.8 Å². The van der Waals surface area contributed by atoms with Gasteiger partial charge in [-0.15, -0.1) is 0 Å². The highest BCUT2D eigenvalue weighted by Crippen LogP contribution is 2.31. The number of hydrogen-bond acceptors (Lipinski definition) is 5. The molecule has 0 radical (unpaired) electrons. The zero-order chi connectivity index (χ0) is 24.2. The molecule has 35 heavy (non-hydrogen) atoms. The normalized spacial score (nSPS) is 13.7. The number of benzene rings is 3. The molecule has 1 aromatic heterocycles. The molecule has 6 nitrogen and oxygen atoms in total. The second-order valence-electron chi connectivity index (χ2n) is 8.86. The van der Waals surface area contributed by atoms with Gasteiger partial charge in [0.2, 0.25) is 0 Å². The van der Waals surface area contributed by atoms with E-state index in [0.29, 0.717) is 12.1 Å². The highest BCUT2D eigenvalue weighted by Gasteiger charge is 2.23. The lowest BCUT2D eigenvalue weighted by Crippen LogP contribution is -2.47. The molecule has 1 aliphatic rings. The number of nitrogens with zero attached hydrogens (tertiary/aromatic N) is 3. The zero-order valence-electron chi connectivity index (χ0n) is 20.2.